The van der Waals surface area contributed by atoms with E-state index >= 15 is 0 Å². The molecule has 0 bridgehead atoms. The number of hydrogen-bond donors (Lipinski definition) is 1. The SMILES string of the molecule is COC1C(C)=C(N)C=CN1C. The van der Waals surface area contributed by atoms with Crippen LogP contribution in [0.25, 0.3) is 0 Å². The Kier molecular flexibility index (Phi) is 2.19. The fourth-order valence-corrected chi connectivity index (χ4v) is 1.20. The highest BCUT2D eigenvalue weighted by molar-refractivity contribution is 5.27. The molecule has 1 aliphatic heterocycles. The number of likely N-dealkylation sites (N-methyl/N-ethyl adjacent to an activating group) is 1. The van der Waals surface area contributed by atoms with Gasteiger partial charge in [0, 0.05) is 26.1 Å². The van der Waals surface area contributed by atoms with Crippen LogP contribution in [0.1, 0.15) is 6.92 Å². The van der Waals surface area contributed by atoms with E-state index in [0.717, 1.165) is 11.3 Å². The van der Waals surface area contributed by atoms with Crippen molar-refractivity contribution in [3.63, 3.8) is 0 Å². The maximum absolute atomic E-state index is 5.69. The molecule has 1 rings (SSSR count). The number of hydrogen-bond acceptors (Lipinski definition) is 3. The summed E-state index contributed by atoms with van der Waals surface area (Å²) in [6.45, 7) is 1.98. The van der Waals surface area contributed by atoms with Crippen LogP contribution < -0.4 is 5.73 Å². The molecule has 1 atom stereocenters. The summed E-state index contributed by atoms with van der Waals surface area (Å²) in [4.78, 5) is 1.98. The number of allylic oxidation sites excluding steroid dienone is 1. The van der Waals surface area contributed by atoms with E-state index in [1.165, 1.54) is 0 Å². The molecular weight excluding hydrogens is 140 g/mol. The van der Waals surface area contributed by atoms with E-state index in [4.69, 9.17) is 10.5 Å². The average molecular weight is 154 g/mol. The lowest BCUT2D eigenvalue weighted by atomic mass is 10.1. The van der Waals surface area contributed by atoms with Gasteiger partial charge >= 0.3 is 0 Å². The first kappa shape index (κ1) is 8.14. The monoisotopic (exact) mass is 154 g/mol. The minimum atomic E-state index is -0.000000000000000666. The van der Waals surface area contributed by atoms with E-state index in [9.17, 15) is 0 Å². The van der Waals surface area contributed by atoms with Crippen molar-refractivity contribution in [2.45, 2.75) is 13.2 Å². The van der Waals surface area contributed by atoms with E-state index in [1.807, 2.05) is 31.1 Å². The molecule has 0 aliphatic carbocycles. The van der Waals surface area contributed by atoms with Crippen molar-refractivity contribution < 1.29 is 4.74 Å². The third-order valence-electron chi connectivity index (χ3n) is 1.91. The summed E-state index contributed by atoms with van der Waals surface area (Å²) >= 11 is 0. The Labute approximate surface area is 67.1 Å². The molecule has 3 nitrogen and oxygen atoms in total. The lowest BCUT2D eigenvalue weighted by molar-refractivity contribution is 0.0343. The van der Waals surface area contributed by atoms with Gasteiger partial charge in [-0.2, -0.15) is 0 Å². The topological polar surface area (TPSA) is 38.5 Å². The van der Waals surface area contributed by atoms with E-state index < -0.39 is 0 Å². The van der Waals surface area contributed by atoms with Gasteiger partial charge in [-0.05, 0) is 18.6 Å². The lowest BCUT2D eigenvalue weighted by Crippen LogP contribution is -2.33. The van der Waals surface area contributed by atoms with Crippen molar-refractivity contribution in [1.82, 2.24) is 4.90 Å². The van der Waals surface area contributed by atoms with Gasteiger partial charge in [0.05, 0.1) is 0 Å². The van der Waals surface area contributed by atoms with E-state index in [2.05, 4.69) is 0 Å². The van der Waals surface area contributed by atoms with Crippen molar-refractivity contribution in [1.29, 1.82) is 0 Å². The molecule has 1 heterocycles. The van der Waals surface area contributed by atoms with Gasteiger partial charge in [-0.3, -0.25) is 0 Å². The van der Waals surface area contributed by atoms with Gasteiger partial charge in [-0.25, -0.2) is 0 Å². The highest BCUT2D eigenvalue weighted by Crippen LogP contribution is 2.17. The van der Waals surface area contributed by atoms with E-state index in [-0.39, 0.29) is 6.23 Å². The van der Waals surface area contributed by atoms with Crippen LogP contribution in [-0.4, -0.2) is 25.3 Å². The van der Waals surface area contributed by atoms with Crippen LogP contribution >= 0.6 is 0 Å². The molecule has 0 saturated carbocycles. The minimum Gasteiger partial charge on any atom is -0.399 e. The molecule has 0 aromatic carbocycles. The Morgan fingerprint density at radius 1 is 1.64 bits per heavy atom. The van der Waals surface area contributed by atoms with E-state index in [1.54, 1.807) is 7.11 Å². The summed E-state index contributed by atoms with van der Waals surface area (Å²) in [6, 6.07) is 0. The van der Waals surface area contributed by atoms with Gasteiger partial charge < -0.3 is 15.4 Å². The summed E-state index contributed by atoms with van der Waals surface area (Å²) < 4.78 is 5.22. The summed E-state index contributed by atoms with van der Waals surface area (Å²) in [5.74, 6) is 0. The van der Waals surface area contributed by atoms with Gasteiger partial charge in [0.1, 0.15) is 0 Å². The number of methoxy groups -OCH3 is 1. The van der Waals surface area contributed by atoms with Crippen molar-refractivity contribution in [3.8, 4) is 0 Å². The standard InChI is InChI=1S/C8H14N2O/c1-6-7(9)4-5-10(2)8(6)11-3/h4-5,8H,9H2,1-3H3. The first-order valence-corrected chi connectivity index (χ1v) is 3.56. The van der Waals surface area contributed by atoms with E-state index in [0.29, 0.717) is 0 Å². The average Bonchev–Trinajstić information content (AvgIpc) is 1.99. The fourth-order valence-electron chi connectivity index (χ4n) is 1.20. The maximum Gasteiger partial charge on any atom is 0.153 e. The third kappa shape index (κ3) is 1.38. The Morgan fingerprint density at radius 2 is 2.27 bits per heavy atom. The van der Waals surface area contributed by atoms with Crippen LogP contribution in [0.3, 0.4) is 0 Å². The zero-order chi connectivity index (χ0) is 8.43. The lowest BCUT2D eigenvalue weighted by Gasteiger charge is -2.29. The molecule has 1 aliphatic rings. The number of nitrogens with zero attached hydrogens (tertiary/aromatic N) is 1. The van der Waals surface area contributed by atoms with Crippen molar-refractivity contribution in [2.75, 3.05) is 14.2 Å². The van der Waals surface area contributed by atoms with Gasteiger partial charge in [0.15, 0.2) is 6.23 Å². The molecule has 2 N–H and O–H groups in total. The first-order chi connectivity index (χ1) is 5.16. The van der Waals surface area contributed by atoms with Crippen LogP contribution in [0.15, 0.2) is 23.5 Å². The molecule has 0 saturated heterocycles. The summed E-state index contributed by atoms with van der Waals surface area (Å²) in [5.41, 5.74) is 7.56. The molecule has 0 fully saturated rings. The second-order valence-corrected chi connectivity index (χ2v) is 2.71. The second kappa shape index (κ2) is 2.96. The van der Waals surface area contributed by atoms with Gasteiger partial charge in [0.2, 0.25) is 0 Å². The van der Waals surface area contributed by atoms with Gasteiger partial charge in [0.25, 0.3) is 0 Å². The Bertz CT molecular complexity index is 208. The van der Waals surface area contributed by atoms with Crippen LogP contribution in [-0.2, 0) is 4.74 Å². The highest BCUT2D eigenvalue weighted by atomic mass is 16.5. The van der Waals surface area contributed by atoms with Crippen LogP contribution in [0, 0.1) is 0 Å². The molecule has 0 radical (unpaired) electrons. The molecule has 62 valence electrons. The summed E-state index contributed by atoms with van der Waals surface area (Å²) in [6.07, 6.45) is 3.79. The normalized spacial score (nSPS) is 24.6. The van der Waals surface area contributed by atoms with Crippen molar-refractivity contribution in [3.05, 3.63) is 23.5 Å². The number of rotatable bonds is 1. The predicted octanol–water partition coefficient (Wildman–Crippen LogP) is 0.651. The number of ether oxygens (including phenoxy) is 1. The first-order valence-electron chi connectivity index (χ1n) is 3.56. The zero-order valence-electron chi connectivity index (χ0n) is 7.16. The Hall–Kier alpha value is -0.960. The Morgan fingerprint density at radius 3 is 2.73 bits per heavy atom. The molecule has 0 spiro atoms. The summed E-state index contributed by atoms with van der Waals surface area (Å²) in [5, 5.41) is 0. The zero-order valence-corrected chi connectivity index (χ0v) is 7.16. The van der Waals surface area contributed by atoms with Crippen LogP contribution in [0.4, 0.5) is 0 Å². The largest absolute Gasteiger partial charge is 0.399 e. The molecule has 0 aromatic heterocycles. The smallest absolute Gasteiger partial charge is 0.153 e. The van der Waals surface area contributed by atoms with Crippen LogP contribution in [0.2, 0.25) is 0 Å². The Balaban J connectivity index is 2.87. The number of nitrogens with two attached hydrogens (primary N) is 1. The van der Waals surface area contributed by atoms with Crippen molar-refractivity contribution in [2.24, 2.45) is 5.73 Å². The molecule has 0 aromatic rings. The van der Waals surface area contributed by atoms with Gasteiger partial charge in [-0.1, -0.05) is 0 Å². The highest BCUT2D eigenvalue weighted by Gasteiger charge is 2.17. The molecule has 11 heavy (non-hydrogen) atoms. The third-order valence-corrected chi connectivity index (χ3v) is 1.91. The minimum absolute atomic E-state index is 0.000000000000000666. The summed E-state index contributed by atoms with van der Waals surface area (Å²) in [7, 11) is 3.64. The predicted molar refractivity (Wildman–Crippen MR) is 44.6 cm³/mol. The second-order valence-electron chi connectivity index (χ2n) is 2.71. The van der Waals surface area contributed by atoms with Gasteiger partial charge in [-0.15, -0.1) is 0 Å². The molecule has 0 amide bonds. The molecule has 1 unspecified atom stereocenters. The van der Waals surface area contributed by atoms with Crippen LogP contribution in [0.5, 0.6) is 0 Å². The fraction of sp³-hybridized carbons (Fsp3) is 0.500. The maximum atomic E-state index is 5.69. The van der Waals surface area contributed by atoms with Crippen molar-refractivity contribution >= 4 is 0 Å². The quantitative estimate of drug-likeness (QED) is 0.602. The molecule has 3 heteroatoms. The molecular formula is C8H14N2O.